The molecular formula is C18H15N3O2. The van der Waals surface area contributed by atoms with Gasteiger partial charge in [-0.05, 0) is 12.1 Å². The van der Waals surface area contributed by atoms with E-state index in [0.29, 0.717) is 6.54 Å². The van der Waals surface area contributed by atoms with E-state index >= 15 is 0 Å². The Balaban J connectivity index is 2.05. The van der Waals surface area contributed by atoms with Crippen LogP contribution in [0.25, 0.3) is 17.0 Å². The maximum atomic E-state index is 12.3. The molecule has 1 aromatic heterocycles. The zero-order valence-electron chi connectivity index (χ0n) is 12.5. The van der Waals surface area contributed by atoms with Crippen molar-refractivity contribution in [2.24, 2.45) is 0 Å². The topological polar surface area (TPSA) is 54.3 Å². The zero-order valence-corrected chi connectivity index (χ0v) is 12.5. The molecule has 23 heavy (non-hydrogen) atoms. The average molecular weight is 305 g/mol. The number of terminal acetylenes is 1. The number of hydrogen-bond acceptors (Lipinski definition) is 2. The van der Waals surface area contributed by atoms with Crippen molar-refractivity contribution in [3.05, 3.63) is 54.4 Å². The van der Waals surface area contributed by atoms with Crippen LogP contribution in [-0.4, -0.2) is 28.0 Å². The highest BCUT2D eigenvalue weighted by Gasteiger charge is 2.32. The molecule has 1 saturated heterocycles. The van der Waals surface area contributed by atoms with Gasteiger partial charge in [-0.1, -0.05) is 30.2 Å². The summed E-state index contributed by atoms with van der Waals surface area (Å²) >= 11 is 0. The molecule has 1 N–H and O–H groups in total. The van der Waals surface area contributed by atoms with E-state index in [-0.39, 0.29) is 18.1 Å². The minimum Gasteiger partial charge on any atom is -0.335 e. The van der Waals surface area contributed by atoms with Crippen LogP contribution in [0.15, 0.2) is 48.8 Å². The lowest BCUT2D eigenvalue weighted by molar-refractivity contribution is -0.122. The predicted octanol–water partition coefficient (Wildman–Crippen LogP) is 2.35. The Hall–Kier alpha value is -3.26. The minimum absolute atomic E-state index is 0.181. The van der Waals surface area contributed by atoms with E-state index < -0.39 is 6.03 Å². The first-order chi connectivity index (χ1) is 11.2. The van der Waals surface area contributed by atoms with Crippen LogP contribution >= 0.6 is 0 Å². The number of nitrogens with zero attached hydrogens (tertiary/aromatic N) is 2. The summed E-state index contributed by atoms with van der Waals surface area (Å²) in [5.74, 6) is 2.25. The minimum atomic E-state index is -0.437. The molecule has 0 atom stereocenters. The van der Waals surface area contributed by atoms with Crippen LogP contribution in [0.2, 0.25) is 0 Å². The van der Waals surface area contributed by atoms with Crippen LogP contribution in [0, 0.1) is 12.3 Å². The number of nitrogens with one attached hydrogen (secondary N) is 1. The second-order valence-corrected chi connectivity index (χ2v) is 5.13. The molecule has 0 radical (unpaired) electrons. The van der Waals surface area contributed by atoms with E-state index in [4.69, 9.17) is 6.42 Å². The first-order valence-electron chi connectivity index (χ1n) is 7.12. The van der Waals surface area contributed by atoms with Gasteiger partial charge in [0.15, 0.2) is 0 Å². The Bertz CT molecular complexity index is 883. The molecule has 0 unspecified atom stereocenters. The Morgan fingerprint density at radius 1 is 1.30 bits per heavy atom. The van der Waals surface area contributed by atoms with Gasteiger partial charge in [-0.25, -0.2) is 4.79 Å². The number of aromatic nitrogens is 1. The maximum absolute atomic E-state index is 12.3. The number of fused-ring (bicyclic) bond motifs is 1. The van der Waals surface area contributed by atoms with Crippen molar-refractivity contribution in [2.45, 2.75) is 6.54 Å². The molecule has 1 fully saturated rings. The number of hydrogen-bond donors (Lipinski definition) is 1. The van der Waals surface area contributed by atoms with Gasteiger partial charge in [0, 0.05) is 29.2 Å². The molecule has 1 aliphatic rings. The van der Waals surface area contributed by atoms with Crippen LogP contribution in [-0.2, 0) is 11.3 Å². The lowest BCUT2D eigenvalue weighted by atomic mass is 10.1. The van der Waals surface area contributed by atoms with E-state index in [1.807, 2.05) is 35.0 Å². The monoisotopic (exact) mass is 305 g/mol. The molecule has 3 rings (SSSR count). The summed E-state index contributed by atoms with van der Waals surface area (Å²) in [7, 11) is 0. The lowest BCUT2D eigenvalue weighted by Crippen LogP contribution is -2.30. The van der Waals surface area contributed by atoms with E-state index in [2.05, 4.69) is 17.8 Å². The van der Waals surface area contributed by atoms with Gasteiger partial charge in [0.2, 0.25) is 0 Å². The molecule has 2 heterocycles. The Morgan fingerprint density at radius 2 is 2.09 bits per heavy atom. The molecule has 1 aromatic carbocycles. The predicted molar refractivity (Wildman–Crippen MR) is 89.2 cm³/mol. The van der Waals surface area contributed by atoms with Crippen molar-refractivity contribution in [1.29, 1.82) is 0 Å². The van der Waals surface area contributed by atoms with Gasteiger partial charge in [0.1, 0.15) is 5.70 Å². The molecule has 5 nitrogen and oxygen atoms in total. The number of urea groups is 1. The Labute approximate surface area is 133 Å². The normalized spacial score (nSPS) is 16.0. The number of imide groups is 1. The van der Waals surface area contributed by atoms with Crippen molar-refractivity contribution in [2.75, 3.05) is 6.54 Å². The van der Waals surface area contributed by atoms with E-state index in [1.165, 1.54) is 6.08 Å². The van der Waals surface area contributed by atoms with Gasteiger partial charge >= 0.3 is 6.03 Å². The van der Waals surface area contributed by atoms with Gasteiger partial charge in [-0.15, -0.1) is 13.0 Å². The van der Waals surface area contributed by atoms with Crippen molar-refractivity contribution in [3.63, 3.8) is 0 Å². The SMILES string of the molecule is C#CCn1cc(/C=C2/NC(=O)N(CC=C)C2=O)c2ccccc21. The van der Waals surface area contributed by atoms with Crippen molar-refractivity contribution in [3.8, 4) is 12.3 Å². The van der Waals surface area contributed by atoms with E-state index in [1.54, 1.807) is 6.08 Å². The summed E-state index contributed by atoms with van der Waals surface area (Å²) in [6.45, 7) is 4.17. The van der Waals surface area contributed by atoms with Crippen molar-refractivity contribution < 1.29 is 9.59 Å². The zero-order chi connectivity index (χ0) is 16.4. The largest absolute Gasteiger partial charge is 0.335 e. The van der Waals surface area contributed by atoms with Crippen LogP contribution in [0.5, 0.6) is 0 Å². The summed E-state index contributed by atoms with van der Waals surface area (Å²) in [6.07, 6.45) is 10.5. The second kappa shape index (κ2) is 5.85. The first kappa shape index (κ1) is 14.7. The maximum Gasteiger partial charge on any atom is 0.329 e. The summed E-state index contributed by atoms with van der Waals surface area (Å²) in [5.41, 5.74) is 2.07. The van der Waals surface area contributed by atoms with Crippen LogP contribution in [0.3, 0.4) is 0 Å². The van der Waals surface area contributed by atoms with Crippen LogP contribution in [0.1, 0.15) is 5.56 Å². The highest BCUT2D eigenvalue weighted by Crippen LogP contribution is 2.24. The molecule has 1 aliphatic heterocycles. The summed E-state index contributed by atoms with van der Waals surface area (Å²) in [4.78, 5) is 25.2. The number of benzene rings is 1. The lowest BCUT2D eigenvalue weighted by Gasteiger charge is -2.06. The fourth-order valence-corrected chi connectivity index (χ4v) is 2.64. The van der Waals surface area contributed by atoms with E-state index in [9.17, 15) is 9.59 Å². The standard InChI is InChI=1S/C18H15N3O2/c1-3-9-20-12-13(14-7-5-6-8-16(14)20)11-15-17(22)21(10-4-2)18(23)19-15/h1,4-8,11-12H,2,9-10H2,(H,19,23)/b15-11+. The molecule has 114 valence electrons. The van der Waals surface area contributed by atoms with Crippen LogP contribution in [0.4, 0.5) is 4.79 Å². The summed E-state index contributed by atoms with van der Waals surface area (Å²) < 4.78 is 1.94. The molecule has 5 heteroatoms. The van der Waals surface area contributed by atoms with Gasteiger partial charge in [0.25, 0.3) is 5.91 Å². The number of para-hydroxylation sites is 1. The molecule has 0 bridgehead atoms. The summed E-state index contributed by atoms with van der Waals surface area (Å²) in [6, 6.07) is 7.34. The van der Waals surface area contributed by atoms with Crippen molar-refractivity contribution >= 4 is 28.9 Å². The third-order valence-electron chi connectivity index (χ3n) is 3.65. The number of rotatable bonds is 4. The Kier molecular flexibility index (Phi) is 3.73. The molecule has 0 aliphatic carbocycles. The quantitative estimate of drug-likeness (QED) is 0.408. The molecule has 2 aromatic rings. The fourth-order valence-electron chi connectivity index (χ4n) is 2.64. The Morgan fingerprint density at radius 3 is 2.83 bits per heavy atom. The average Bonchev–Trinajstić information content (AvgIpc) is 3.02. The third kappa shape index (κ3) is 2.51. The fraction of sp³-hybridized carbons (Fsp3) is 0.111. The summed E-state index contributed by atoms with van der Waals surface area (Å²) in [5, 5.41) is 3.57. The van der Waals surface area contributed by atoms with Gasteiger partial charge < -0.3 is 9.88 Å². The second-order valence-electron chi connectivity index (χ2n) is 5.13. The molecule has 0 saturated carbocycles. The van der Waals surface area contributed by atoms with Crippen LogP contribution < -0.4 is 5.32 Å². The van der Waals surface area contributed by atoms with Crippen molar-refractivity contribution in [1.82, 2.24) is 14.8 Å². The van der Waals surface area contributed by atoms with Gasteiger partial charge in [-0.3, -0.25) is 9.69 Å². The number of carbonyl (C=O) groups excluding carboxylic acids is 2. The molecule has 3 amide bonds. The molecular weight excluding hydrogens is 290 g/mol. The highest BCUT2D eigenvalue weighted by molar-refractivity contribution is 6.14. The van der Waals surface area contributed by atoms with Gasteiger partial charge in [0.05, 0.1) is 6.54 Å². The van der Waals surface area contributed by atoms with Gasteiger partial charge in [-0.2, -0.15) is 0 Å². The number of amides is 3. The first-order valence-corrected chi connectivity index (χ1v) is 7.12. The highest BCUT2D eigenvalue weighted by atomic mass is 16.2. The smallest absolute Gasteiger partial charge is 0.329 e. The number of carbonyl (C=O) groups is 2. The molecule has 0 spiro atoms. The van der Waals surface area contributed by atoms with E-state index in [0.717, 1.165) is 21.4 Å². The third-order valence-corrected chi connectivity index (χ3v) is 3.65.